The molecule has 0 aromatic rings. The molecule has 0 atom stereocenters. The van der Waals surface area contributed by atoms with Gasteiger partial charge in [-0.05, 0) is 24.7 Å². The van der Waals surface area contributed by atoms with Crippen molar-refractivity contribution in [1.29, 1.82) is 0 Å². The molecule has 0 heterocycles. The second-order valence-electron chi connectivity index (χ2n) is 2.27. The first kappa shape index (κ1) is 19.3. The summed E-state index contributed by atoms with van der Waals surface area (Å²) >= 11 is 0. The topological polar surface area (TPSA) is 97.1 Å². The molecule has 0 saturated carbocycles. The van der Waals surface area contributed by atoms with E-state index in [9.17, 15) is 8.42 Å². The number of hydrogen-bond acceptors (Lipinski definition) is 6. The van der Waals surface area contributed by atoms with E-state index in [1.54, 1.807) is 20.8 Å². The van der Waals surface area contributed by atoms with Gasteiger partial charge in [-0.15, -0.1) is 0 Å². The summed E-state index contributed by atoms with van der Waals surface area (Å²) in [5.41, 5.74) is 0. The molecule has 0 aliphatic heterocycles. The van der Waals surface area contributed by atoms with Gasteiger partial charge in [0.25, 0.3) is 0 Å². The normalized spacial score (nSPS) is 12.2. The van der Waals surface area contributed by atoms with Crippen LogP contribution < -0.4 is 5.14 Å². The molecule has 0 rings (SSSR count). The molecule has 0 bridgehead atoms. The van der Waals surface area contributed by atoms with Gasteiger partial charge in [0.15, 0.2) is 0 Å². The average molecular weight is 370 g/mol. The summed E-state index contributed by atoms with van der Waals surface area (Å²) in [6.07, 6.45) is 0. The Morgan fingerprint density at radius 2 is 1.31 bits per heavy atom. The minimum atomic E-state index is -4.17. The second kappa shape index (κ2) is 8.93. The molecule has 16 heavy (non-hydrogen) atoms. The van der Waals surface area contributed by atoms with E-state index in [0.29, 0.717) is 0 Å². The monoisotopic (exact) mass is 369 g/mol. The van der Waals surface area contributed by atoms with Crippen molar-refractivity contribution in [2.45, 2.75) is 20.8 Å². The molecular weight excluding hydrogens is 353 g/mol. The van der Waals surface area contributed by atoms with E-state index in [1.165, 1.54) is 0 Å². The van der Waals surface area contributed by atoms with Crippen molar-refractivity contribution >= 4 is 18.5 Å². The Labute approximate surface area is 112 Å². The van der Waals surface area contributed by atoms with Gasteiger partial charge in [0.2, 0.25) is 0 Å². The Hall–Kier alpha value is 0.920. The summed E-state index contributed by atoms with van der Waals surface area (Å²) in [6.45, 7) is 5.59. The van der Waals surface area contributed by atoms with Gasteiger partial charge in [0.05, 0.1) is 19.8 Å². The maximum atomic E-state index is 10.8. The first-order chi connectivity index (χ1) is 6.89. The predicted octanol–water partition coefficient (Wildman–Crippen LogP) is 0.991. The minimum Gasteiger partial charge on any atom is -0.202 e. The fourth-order valence-corrected chi connectivity index (χ4v) is 3.48. The fraction of sp³-hybridized carbons (Fsp3) is 1.00. The Morgan fingerprint density at radius 3 is 1.50 bits per heavy atom. The molecule has 0 fully saturated rings. The van der Waals surface area contributed by atoms with Crippen LogP contribution in [-0.2, 0) is 50.2 Å². The van der Waals surface area contributed by atoms with Crippen LogP contribution in [0.25, 0.3) is 0 Å². The van der Waals surface area contributed by atoms with E-state index in [4.69, 9.17) is 18.7 Å². The SMILES string of the molecule is CCO[P+](OCC)(OCC)OS(N)(=O)=O.[Ag]. The zero-order chi connectivity index (χ0) is 11.9. The van der Waals surface area contributed by atoms with Crippen LogP contribution in [0.2, 0.25) is 0 Å². The van der Waals surface area contributed by atoms with E-state index in [0.717, 1.165) is 0 Å². The molecular formula is C6H17AgNO6PS+. The molecule has 2 N–H and O–H groups in total. The van der Waals surface area contributed by atoms with Gasteiger partial charge in [-0.3, -0.25) is 0 Å². The smallest absolute Gasteiger partial charge is 0.202 e. The summed E-state index contributed by atoms with van der Waals surface area (Å²) in [5.74, 6) is 0. The van der Waals surface area contributed by atoms with Crippen LogP contribution in [0.3, 0.4) is 0 Å². The Bertz CT molecular complexity index is 257. The molecule has 0 aliphatic carbocycles. The molecule has 0 saturated heterocycles. The zero-order valence-corrected chi connectivity index (χ0v) is 12.5. The largest absolute Gasteiger partial charge is 0.593 e. The van der Waals surface area contributed by atoms with Crippen LogP contribution in [0.4, 0.5) is 0 Å². The molecule has 0 amide bonds. The molecule has 0 unspecified atom stereocenters. The molecule has 10 heteroatoms. The van der Waals surface area contributed by atoms with Crippen LogP contribution in [0, 0.1) is 0 Å². The van der Waals surface area contributed by atoms with E-state index in [2.05, 4.69) is 3.97 Å². The third kappa shape index (κ3) is 8.08. The third-order valence-electron chi connectivity index (χ3n) is 1.06. The van der Waals surface area contributed by atoms with Crippen LogP contribution in [-0.4, -0.2) is 28.2 Å². The standard InChI is InChI=1S/C6H17NO6PS.Ag/c1-4-10-14(11-5-2,12-6-3)13-15(7,8)9;/h4-6H2,1-3H3,(H2,7,8,9);/q+1;. The molecule has 103 valence electrons. The molecule has 0 aromatic heterocycles. The number of rotatable bonds is 8. The fourth-order valence-electron chi connectivity index (χ4n) is 0.778. The van der Waals surface area contributed by atoms with Crippen LogP contribution >= 0.6 is 8.17 Å². The zero-order valence-electron chi connectivity index (χ0n) is 9.31. The van der Waals surface area contributed by atoms with Crippen LogP contribution in [0.1, 0.15) is 20.8 Å². The third-order valence-corrected chi connectivity index (χ3v) is 4.34. The molecule has 0 aromatic carbocycles. The quantitative estimate of drug-likeness (QED) is 0.506. The molecule has 1 radical (unpaired) electrons. The average Bonchev–Trinajstić information content (AvgIpc) is 2.01. The Kier molecular flexibility index (Phi) is 10.8. The van der Waals surface area contributed by atoms with Gasteiger partial charge < -0.3 is 0 Å². The Balaban J connectivity index is 0. The molecule has 0 aliphatic rings. The van der Waals surface area contributed by atoms with Gasteiger partial charge in [-0.1, -0.05) is 0 Å². The van der Waals surface area contributed by atoms with Crippen molar-refractivity contribution in [2.75, 3.05) is 19.8 Å². The minimum absolute atomic E-state index is 0. The maximum absolute atomic E-state index is 10.8. The van der Waals surface area contributed by atoms with Gasteiger partial charge in [0.1, 0.15) is 0 Å². The van der Waals surface area contributed by atoms with Gasteiger partial charge >= 0.3 is 18.5 Å². The van der Waals surface area contributed by atoms with E-state index >= 15 is 0 Å². The Morgan fingerprint density at radius 1 is 1.00 bits per heavy atom. The van der Waals surface area contributed by atoms with Crippen molar-refractivity contribution < 1.29 is 48.3 Å². The van der Waals surface area contributed by atoms with E-state index < -0.39 is 18.5 Å². The van der Waals surface area contributed by atoms with E-state index in [-0.39, 0.29) is 42.2 Å². The first-order valence-electron chi connectivity index (χ1n) is 4.45. The van der Waals surface area contributed by atoms with Gasteiger partial charge in [0, 0.05) is 22.4 Å². The number of nitrogens with two attached hydrogens (primary N) is 1. The van der Waals surface area contributed by atoms with Gasteiger partial charge in [-0.2, -0.15) is 22.0 Å². The van der Waals surface area contributed by atoms with Crippen molar-refractivity contribution in [1.82, 2.24) is 0 Å². The summed E-state index contributed by atoms with van der Waals surface area (Å²) in [4.78, 5) is 0. The maximum Gasteiger partial charge on any atom is 0.593 e. The van der Waals surface area contributed by atoms with Crippen molar-refractivity contribution in [3.8, 4) is 0 Å². The van der Waals surface area contributed by atoms with Crippen LogP contribution in [0.15, 0.2) is 0 Å². The van der Waals surface area contributed by atoms with E-state index in [1.807, 2.05) is 0 Å². The summed E-state index contributed by atoms with van der Waals surface area (Å²) in [5, 5.41) is 4.75. The summed E-state index contributed by atoms with van der Waals surface area (Å²) in [6, 6.07) is 0. The summed E-state index contributed by atoms with van der Waals surface area (Å²) < 4.78 is 41.4. The van der Waals surface area contributed by atoms with Crippen molar-refractivity contribution in [2.24, 2.45) is 5.14 Å². The number of hydrogen-bond donors (Lipinski definition) is 1. The predicted molar refractivity (Wildman–Crippen MR) is 56.0 cm³/mol. The van der Waals surface area contributed by atoms with Crippen molar-refractivity contribution in [3.05, 3.63) is 0 Å². The first-order valence-corrected chi connectivity index (χ1v) is 7.39. The van der Waals surface area contributed by atoms with Crippen molar-refractivity contribution in [3.63, 3.8) is 0 Å². The van der Waals surface area contributed by atoms with Crippen LogP contribution in [0.5, 0.6) is 0 Å². The van der Waals surface area contributed by atoms with Gasteiger partial charge in [-0.25, -0.2) is 5.14 Å². The second-order valence-corrected chi connectivity index (χ2v) is 5.52. The summed E-state index contributed by atoms with van der Waals surface area (Å²) in [7, 11) is -7.50. The molecule has 0 spiro atoms. The molecule has 7 nitrogen and oxygen atoms in total.